The second-order valence-corrected chi connectivity index (χ2v) is 6.47. The molecule has 0 amide bonds. The summed E-state index contributed by atoms with van der Waals surface area (Å²) in [7, 11) is 0. The number of nitrogens with zero attached hydrogens (tertiary/aromatic N) is 2. The van der Waals surface area contributed by atoms with Crippen LogP contribution in [-0.2, 0) is 22.4 Å². The molecule has 1 aliphatic rings. The molecule has 2 aromatic rings. The molecule has 7 heteroatoms. The fraction of sp³-hybridized carbons (Fsp3) is 0.200. The molecule has 0 spiro atoms. The highest BCUT2D eigenvalue weighted by Gasteiger charge is 2.16. The van der Waals surface area contributed by atoms with Gasteiger partial charge in [0.2, 0.25) is 0 Å². The maximum absolute atomic E-state index is 12.8. The third kappa shape index (κ3) is 5.62. The maximum atomic E-state index is 12.8. The molecule has 3 rings (SSSR count). The van der Waals surface area contributed by atoms with Gasteiger partial charge in [-0.15, -0.1) is 0 Å². The zero-order valence-electron chi connectivity index (χ0n) is 14.9. The number of ketones is 2. The predicted molar refractivity (Wildman–Crippen MR) is 99.3 cm³/mol. The number of allylic oxidation sites excluding steroid dienone is 3. The van der Waals surface area contributed by atoms with Gasteiger partial charge in [-0.2, -0.15) is 0 Å². The number of Topliss-reactive ketones (excluding diaryl/α,β-unsaturated/α-hetero) is 1. The van der Waals surface area contributed by atoms with E-state index in [0.717, 1.165) is 17.5 Å². The molecule has 27 heavy (non-hydrogen) atoms. The fourth-order valence-corrected chi connectivity index (χ4v) is 2.60. The summed E-state index contributed by atoms with van der Waals surface area (Å²) in [5, 5.41) is 0.154. The summed E-state index contributed by atoms with van der Waals surface area (Å²) in [6, 6.07) is 2.58. The van der Waals surface area contributed by atoms with Gasteiger partial charge < -0.3 is 0 Å². The van der Waals surface area contributed by atoms with Crippen molar-refractivity contribution in [3.63, 3.8) is 0 Å². The molecule has 0 unspecified atom stereocenters. The third-order valence-electron chi connectivity index (χ3n) is 3.75. The molecule has 0 radical (unpaired) electrons. The topological polar surface area (TPSA) is 59.9 Å². The van der Waals surface area contributed by atoms with Gasteiger partial charge in [0.05, 0.1) is 18.1 Å². The standard InChI is InChI=1S/C10H9ClFNO.C10H8FNO/c1-6(2)9(14)4-7-3-8(12)5-13-10(7)11;1-6-2-9(13)4-7-3-8(11)5-12-10(6)7/h3,5H,1,4H2,2H3;2-3,5H,4H2,1H3. The minimum atomic E-state index is -0.501. The molecule has 2 heterocycles. The van der Waals surface area contributed by atoms with Crippen LogP contribution in [0.1, 0.15) is 30.7 Å². The van der Waals surface area contributed by atoms with Gasteiger partial charge >= 0.3 is 0 Å². The molecular weight excluding hydrogens is 374 g/mol. The van der Waals surface area contributed by atoms with E-state index >= 15 is 0 Å². The molecular formula is C20H17ClF2N2O2. The zero-order chi connectivity index (χ0) is 20.1. The van der Waals surface area contributed by atoms with E-state index < -0.39 is 5.82 Å². The minimum absolute atomic E-state index is 0.0115. The highest BCUT2D eigenvalue weighted by atomic mass is 35.5. The van der Waals surface area contributed by atoms with Crippen LogP contribution >= 0.6 is 11.6 Å². The number of pyridine rings is 2. The van der Waals surface area contributed by atoms with Crippen molar-refractivity contribution in [3.8, 4) is 0 Å². The predicted octanol–water partition coefficient (Wildman–Crippen LogP) is 4.31. The van der Waals surface area contributed by atoms with Crippen molar-refractivity contribution in [2.75, 3.05) is 0 Å². The van der Waals surface area contributed by atoms with Gasteiger partial charge in [0.1, 0.15) is 16.8 Å². The second kappa shape index (κ2) is 8.77. The Balaban J connectivity index is 0.000000194. The molecule has 2 aromatic heterocycles. The van der Waals surface area contributed by atoms with E-state index in [1.165, 1.54) is 18.3 Å². The number of hydrogen-bond acceptors (Lipinski definition) is 4. The van der Waals surface area contributed by atoms with Crippen molar-refractivity contribution < 1.29 is 18.4 Å². The molecule has 0 fully saturated rings. The molecule has 0 bridgehead atoms. The summed E-state index contributed by atoms with van der Waals surface area (Å²) >= 11 is 5.69. The Morgan fingerprint density at radius 3 is 2.52 bits per heavy atom. The molecule has 0 atom stereocenters. The first kappa shape index (κ1) is 20.6. The smallest absolute Gasteiger partial charge is 0.162 e. The van der Waals surface area contributed by atoms with Crippen LogP contribution in [0.3, 0.4) is 0 Å². The number of fused-ring (bicyclic) bond motifs is 1. The van der Waals surface area contributed by atoms with Crippen LogP contribution < -0.4 is 0 Å². The van der Waals surface area contributed by atoms with Crippen molar-refractivity contribution in [1.82, 2.24) is 9.97 Å². The SMILES string of the molecule is C=C(C)C(=O)Cc1cc(F)cnc1Cl.CC1=CC(=O)Cc2cc(F)cnc21. The Bertz CT molecular complexity index is 955. The number of halogens is 3. The van der Waals surface area contributed by atoms with E-state index in [4.69, 9.17) is 11.6 Å². The Kier molecular flexibility index (Phi) is 6.69. The Morgan fingerprint density at radius 1 is 1.22 bits per heavy atom. The lowest BCUT2D eigenvalue weighted by molar-refractivity contribution is -0.115. The number of rotatable bonds is 3. The summed E-state index contributed by atoms with van der Waals surface area (Å²) < 4.78 is 25.5. The zero-order valence-corrected chi connectivity index (χ0v) is 15.6. The van der Waals surface area contributed by atoms with Crippen LogP contribution in [0.4, 0.5) is 8.78 Å². The van der Waals surface area contributed by atoms with Gasteiger partial charge in [-0.25, -0.2) is 13.8 Å². The van der Waals surface area contributed by atoms with E-state index in [1.807, 2.05) is 0 Å². The number of carbonyl (C=O) groups excluding carboxylic acids is 2. The molecule has 0 saturated carbocycles. The molecule has 0 saturated heterocycles. The molecule has 1 aliphatic carbocycles. The normalized spacial score (nSPS) is 12.5. The van der Waals surface area contributed by atoms with Crippen LogP contribution in [-0.4, -0.2) is 21.5 Å². The van der Waals surface area contributed by atoms with Crippen LogP contribution in [0.5, 0.6) is 0 Å². The first-order valence-corrected chi connectivity index (χ1v) is 8.39. The van der Waals surface area contributed by atoms with E-state index in [9.17, 15) is 18.4 Å². The average Bonchev–Trinajstić information content (AvgIpc) is 2.58. The minimum Gasteiger partial charge on any atom is -0.294 e. The van der Waals surface area contributed by atoms with E-state index in [-0.39, 0.29) is 35.4 Å². The number of carbonyl (C=O) groups is 2. The molecule has 140 valence electrons. The Labute approximate surface area is 160 Å². The van der Waals surface area contributed by atoms with E-state index in [1.54, 1.807) is 19.9 Å². The van der Waals surface area contributed by atoms with Crippen molar-refractivity contribution in [2.45, 2.75) is 26.7 Å². The average molecular weight is 391 g/mol. The number of hydrogen-bond donors (Lipinski definition) is 0. The quantitative estimate of drug-likeness (QED) is 0.578. The second-order valence-electron chi connectivity index (χ2n) is 6.12. The molecule has 0 aromatic carbocycles. The van der Waals surface area contributed by atoms with E-state index in [2.05, 4.69) is 16.5 Å². The third-order valence-corrected chi connectivity index (χ3v) is 4.09. The lowest BCUT2D eigenvalue weighted by Crippen LogP contribution is -2.10. The van der Waals surface area contributed by atoms with Gasteiger partial charge in [-0.3, -0.25) is 14.6 Å². The Hall–Kier alpha value is -2.73. The van der Waals surface area contributed by atoms with Crippen LogP contribution in [0.15, 0.2) is 42.8 Å². The molecule has 0 N–H and O–H groups in total. The van der Waals surface area contributed by atoms with Crippen molar-refractivity contribution in [2.24, 2.45) is 0 Å². The summed E-state index contributed by atoms with van der Waals surface area (Å²) in [6.45, 7) is 6.90. The van der Waals surface area contributed by atoms with Crippen LogP contribution in [0.2, 0.25) is 5.15 Å². The molecule has 4 nitrogen and oxygen atoms in total. The van der Waals surface area contributed by atoms with Crippen molar-refractivity contribution in [1.29, 1.82) is 0 Å². The lowest BCUT2D eigenvalue weighted by atomic mass is 9.96. The molecule has 0 aliphatic heterocycles. The summed E-state index contributed by atoms with van der Waals surface area (Å²) in [5.41, 5.74) is 3.04. The van der Waals surface area contributed by atoms with Gasteiger partial charge in [-0.1, -0.05) is 18.2 Å². The largest absolute Gasteiger partial charge is 0.294 e. The highest BCUT2D eigenvalue weighted by molar-refractivity contribution is 6.30. The van der Waals surface area contributed by atoms with Crippen LogP contribution in [0.25, 0.3) is 5.57 Å². The summed E-state index contributed by atoms with van der Waals surface area (Å²) in [4.78, 5) is 29.9. The Morgan fingerprint density at radius 2 is 1.85 bits per heavy atom. The first-order chi connectivity index (χ1) is 12.7. The van der Waals surface area contributed by atoms with Gasteiger partial charge in [0, 0.05) is 18.4 Å². The summed E-state index contributed by atoms with van der Waals surface area (Å²) in [5.74, 6) is -1.04. The van der Waals surface area contributed by atoms with Crippen LogP contribution in [0, 0.1) is 11.6 Å². The fourth-order valence-electron chi connectivity index (χ4n) is 2.43. The number of aromatic nitrogens is 2. The van der Waals surface area contributed by atoms with Crippen molar-refractivity contribution in [3.05, 3.63) is 76.4 Å². The monoisotopic (exact) mass is 390 g/mol. The lowest BCUT2D eigenvalue weighted by Gasteiger charge is -2.12. The first-order valence-electron chi connectivity index (χ1n) is 8.02. The summed E-state index contributed by atoms with van der Waals surface area (Å²) in [6.07, 6.45) is 4.03. The highest BCUT2D eigenvalue weighted by Crippen LogP contribution is 2.22. The van der Waals surface area contributed by atoms with Crippen molar-refractivity contribution >= 4 is 28.7 Å². The van der Waals surface area contributed by atoms with E-state index in [0.29, 0.717) is 16.7 Å². The maximum Gasteiger partial charge on any atom is 0.162 e. The van der Waals surface area contributed by atoms with Gasteiger partial charge in [0.25, 0.3) is 0 Å². The van der Waals surface area contributed by atoms with Gasteiger partial charge in [-0.05, 0) is 48.8 Å². The van der Waals surface area contributed by atoms with Gasteiger partial charge in [0.15, 0.2) is 11.6 Å².